The molecule has 0 saturated carbocycles. The first-order valence-corrected chi connectivity index (χ1v) is 9.21. The van der Waals surface area contributed by atoms with Crippen molar-refractivity contribution in [3.63, 3.8) is 0 Å². The summed E-state index contributed by atoms with van der Waals surface area (Å²) in [7, 11) is 0. The summed E-state index contributed by atoms with van der Waals surface area (Å²) in [5, 5.41) is 2.79. The molecule has 3 rings (SSSR count). The first kappa shape index (κ1) is 19.5. The van der Waals surface area contributed by atoms with Gasteiger partial charge in [0.1, 0.15) is 0 Å². The summed E-state index contributed by atoms with van der Waals surface area (Å²) in [5.41, 5.74) is 4.47. The number of aromatic nitrogens is 2. The minimum Gasteiger partial charge on any atom is -0.449 e. The number of rotatable bonds is 6. The molecule has 1 heterocycles. The second-order valence-corrected chi connectivity index (χ2v) is 6.67. The van der Waals surface area contributed by atoms with Gasteiger partial charge in [0.05, 0.1) is 28.0 Å². The molecule has 0 aliphatic rings. The lowest BCUT2D eigenvalue weighted by Gasteiger charge is -2.14. The van der Waals surface area contributed by atoms with E-state index in [0.29, 0.717) is 23.1 Å². The molecule has 0 radical (unpaired) electrons. The Kier molecular flexibility index (Phi) is 5.99. The standard InChI is InChI=1S/C22H23N3O3/c1-14-15(2)25-20-13-18(9-10-19(20)24-14)22(27)28-16(3)21(26)23-12-11-17-7-5-4-6-8-17/h4-10,13,16H,11-12H2,1-3H3,(H,23,26)/t16-/m1/s1. The van der Waals surface area contributed by atoms with Gasteiger partial charge < -0.3 is 10.1 Å². The molecule has 1 aromatic heterocycles. The molecule has 0 unspecified atom stereocenters. The summed E-state index contributed by atoms with van der Waals surface area (Å²) in [6.45, 7) is 5.80. The number of carbonyl (C=O) groups is 2. The van der Waals surface area contributed by atoms with Gasteiger partial charge >= 0.3 is 5.97 Å². The Morgan fingerprint density at radius 1 is 1.00 bits per heavy atom. The van der Waals surface area contributed by atoms with Crippen molar-refractivity contribution in [1.29, 1.82) is 0 Å². The SMILES string of the molecule is Cc1nc2ccc(C(=O)O[C@H](C)C(=O)NCCc3ccccc3)cc2nc1C. The minimum absolute atomic E-state index is 0.323. The topological polar surface area (TPSA) is 81.2 Å². The molecular formula is C22H23N3O3. The third-order valence-electron chi connectivity index (χ3n) is 4.52. The molecule has 1 N–H and O–H groups in total. The quantitative estimate of drug-likeness (QED) is 0.668. The van der Waals surface area contributed by atoms with Crippen LogP contribution in [0.5, 0.6) is 0 Å². The third-order valence-corrected chi connectivity index (χ3v) is 4.52. The smallest absolute Gasteiger partial charge is 0.338 e. The number of hydrogen-bond acceptors (Lipinski definition) is 5. The molecule has 28 heavy (non-hydrogen) atoms. The number of ether oxygens (including phenoxy) is 1. The van der Waals surface area contributed by atoms with Gasteiger partial charge in [-0.05, 0) is 51.0 Å². The van der Waals surface area contributed by atoms with Gasteiger partial charge in [0.2, 0.25) is 0 Å². The van der Waals surface area contributed by atoms with Gasteiger partial charge in [-0.15, -0.1) is 0 Å². The summed E-state index contributed by atoms with van der Waals surface area (Å²) in [4.78, 5) is 33.5. The molecule has 0 aliphatic heterocycles. The van der Waals surface area contributed by atoms with Crippen molar-refractivity contribution in [2.24, 2.45) is 0 Å². The average molecular weight is 377 g/mol. The van der Waals surface area contributed by atoms with Gasteiger partial charge in [0.25, 0.3) is 5.91 Å². The van der Waals surface area contributed by atoms with Gasteiger partial charge in [0, 0.05) is 6.54 Å². The van der Waals surface area contributed by atoms with Crippen LogP contribution in [-0.4, -0.2) is 34.5 Å². The predicted molar refractivity (Wildman–Crippen MR) is 107 cm³/mol. The van der Waals surface area contributed by atoms with E-state index in [9.17, 15) is 9.59 Å². The molecule has 0 fully saturated rings. The van der Waals surface area contributed by atoms with E-state index in [1.807, 2.05) is 44.2 Å². The summed E-state index contributed by atoms with van der Waals surface area (Å²) >= 11 is 0. The van der Waals surface area contributed by atoms with Gasteiger partial charge in [-0.3, -0.25) is 4.79 Å². The van der Waals surface area contributed by atoms with Gasteiger partial charge in [-0.25, -0.2) is 14.8 Å². The number of hydrogen-bond donors (Lipinski definition) is 1. The highest BCUT2D eigenvalue weighted by atomic mass is 16.5. The van der Waals surface area contributed by atoms with Crippen LogP contribution >= 0.6 is 0 Å². The second-order valence-electron chi connectivity index (χ2n) is 6.67. The number of esters is 1. The molecular weight excluding hydrogens is 354 g/mol. The Hall–Kier alpha value is -3.28. The summed E-state index contributed by atoms with van der Waals surface area (Å²) in [6.07, 6.45) is -0.167. The molecule has 3 aromatic rings. The molecule has 0 bridgehead atoms. The van der Waals surface area contributed by atoms with E-state index in [-0.39, 0.29) is 5.91 Å². The largest absolute Gasteiger partial charge is 0.449 e. The van der Waals surface area contributed by atoms with Crippen LogP contribution in [0.2, 0.25) is 0 Å². The Labute approximate surface area is 164 Å². The molecule has 6 heteroatoms. The van der Waals surface area contributed by atoms with E-state index in [4.69, 9.17) is 4.74 Å². The summed E-state index contributed by atoms with van der Waals surface area (Å²) in [6, 6.07) is 14.9. The Bertz CT molecular complexity index is 1000. The number of benzene rings is 2. The fourth-order valence-corrected chi connectivity index (χ4v) is 2.76. The monoisotopic (exact) mass is 377 g/mol. The van der Waals surface area contributed by atoms with E-state index in [1.165, 1.54) is 0 Å². The highest BCUT2D eigenvalue weighted by Crippen LogP contribution is 2.15. The zero-order valence-corrected chi connectivity index (χ0v) is 16.2. The van der Waals surface area contributed by atoms with Crippen LogP contribution in [0, 0.1) is 13.8 Å². The first-order chi connectivity index (χ1) is 13.4. The van der Waals surface area contributed by atoms with Crippen LogP contribution in [0.15, 0.2) is 48.5 Å². The van der Waals surface area contributed by atoms with Crippen molar-refractivity contribution in [3.05, 3.63) is 71.0 Å². The van der Waals surface area contributed by atoms with Crippen molar-refractivity contribution in [1.82, 2.24) is 15.3 Å². The molecule has 1 amide bonds. The summed E-state index contributed by atoms with van der Waals surface area (Å²) in [5.74, 6) is -0.885. The highest BCUT2D eigenvalue weighted by Gasteiger charge is 2.19. The number of carbonyl (C=O) groups excluding carboxylic acids is 2. The third kappa shape index (κ3) is 4.71. The molecule has 1 atom stereocenters. The van der Waals surface area contributed by atoms with Crippen molar-refractivity contribution >= 4 is 22.9 Å². The Morgan fingerprint density at radius 2 is 1.68 bits per heavy atom. The Morgan fingerprint density at radius 3 is 2.39 bits per heavy atom. The molecule has 0 aliphatic carbocycles. The molecule has 0 spiro atoms. The van der Waals surface area contributed by atoms with E-state index in [0.717, 1.165) is 23.4 Å². The first-order valence-electron chi connectivity index (χ1n) is 9.21. The van der Waals surface area contributed by atoms with Crippen LogP contribution in [-0.2, 0) is 16.0 Å². The maximum atomic E-state index is 12.4. The van der Waals surface area contributed by atoms with E-state index in [1.54, 1.807) is 25.1 Å². The van der Waals surface area contributed by atoms with Crippen LogP contribution in [0.3, 0.4) is 0 Å². The van der Waals surface area contributed by atoms with Crippen LogP contribution < -0.4 is 5.32 Å². The van der Waals surface area contributed by atoms with Crippen molar-refractivity contribution < 1.29 is 14.3 Å². The van der Waals surface area contributed by atoms with Crippen molar-refractivity contribution in [3.8, 4) is 0 Å². The summed E-state index contributed by atoms with van der Waals surface area (Å²) < 4.78 is 5.30. The number of fused-ring (bicyclic) bond motifs is 1. The lowest BCUT2D eigenvalue weighted by Crippen LogP contribution is -2.36. The molecule has 6 nitrogen and oxygen atoms in total. The maximum absolute atomic E-state index is 12.4. The number of nitrogens with zero attached hydrogens (tertiary/aromatic N) is 2. The van der Waals surface area contributed by atoms with Crippen LogP contribution in [0.25, 0.3) is 11.0 Å². The van der Waals surface area contributed by atoms with Crippen LogP contribution in [0.4, 0.5) is 0 Å². The minimum atomic E-state index is -0.884. The van der Waals surface area contributed by atoms with Crippen molar-refractivity contribution in [2.45, 2.75) is 33.3 Å². The zero-order valence-electron chi connectivity index (χ0n) is 16.2. The molecule has 2 aromatic carbocycles. The Balaban J connectivity index is 1.58. The lowest BCUT2D eigenvalue weighted by atomic mass is 10.1. The van der Waals surface area contributed by atoms with E-state index < -0.39 is 12.1 Å². The number of nitrogens with one attached hydrogen (secondary N) is 1. The number of amides is 1. The fraction of sp³-hybridized carbons (Fsp3) is 0.273. The average Bonchev–Trinajstić information content (AvgIpc) is 2.69. The van der Waals surface area contributed by atoms with E-state index >= 15 is 0 Å². The lowest BCUT2D eigenvalue weighted by molar-refractivity contribution is -0.129. The fourth-order valence-electron chi connectivity index (χ4n) is 2.76. The predicted octanol–water partition coefficient (Wildman–Crippen LogP) is 3.15. The van der Waals surface area contributed by atoms with Gasteiger partial charge in [0.15, 0.2) is 6.10 Å². The number of aryl methyl sites for hydroxylation is 2. The zero-order chi connectivity index (χ0) is 20.1. The maximum Gasteiger partial charge on any atom is 0.338 e. The molecule has 0 saturated heterocycles. The van der Waals surface area contributed by atoms with Crippen molar-refractivity contribution in [2.75, 3.05) is 6.54 Å². The van der Waals surface area contributed by atoms with E-state index in [2.05, 4.69) is 15.3 Å². The normalized spacial score (nSPS) is 11.8. The van der Waals surface area contributed by atoms with Gasteiger partial charge in [-0.2, -0.15) is 0 Å². The highest BCUT2D eigenvalue weighted by molar-refractivity contribution is 5.95. The molecule has 144 valence electrons. The second kappa shape index (κ2) is 8.61. The van der Waals surface area contributed by atoms with Crippen LogP contribution in [0.1, 0.15) is 34.2 Å². The van der Waals surface area contributed by atoms with Gasteiger partial charge in [-0.1, -0.05) is 30.3 Å².